The van der Waals surface area contributed by atoms with Crippen LogP contribution in [0, 0.1) is 12.7 Å². The Balaban J connectivity index is 1.51. The van der Waals surface area contributed by atoms with Crippen molar-refractivity contribution in [3.8, 4) is 28.5 Å². The first-order valence-electron chi connectivity index (χ1n) is 10.6. The van der Waals surface area contributed by atoms with E-state index in [9.17, 15) is 12.8 Å². The molecule has 182 valence electrons. The molecule has 0 aliphatic carbocycles. The third kappa shape index (κ3) is 4.55. The SMILES string of the molecule is COc1cc(-c2csc(N3CCN(S(=O)(=O)c4cc(F)ccc4C)CC3)n2)cc(OC)c1OC. The third-order valence-electron chi connectivity index (χ3n) is 5.73. The third-order valence-corrected chi connectivity index (χ3v) is 8.67. The normalized spacial score (nSPS) is 14.8. The lowest BCUT2D eigenvalue weighted by atomic mass is 10.1. The number of ether oxygens (including phenoxy) is 3. The molecule has 0 spiro atoms. The van der Waals surface area contributed by atoms with E-state index in [-0.39, 0.29) is 18.0 Å². The average molecular weight is 508 g/mol. The first kappa shape index (κ1) is 24.2. The monoisotopic (exact) mass is 507 g/mol. The number of rotatable bonds is 7. The van der Waals surface area contributed by atoms with Crippen LogP contribution in [0.1, 0.15) is 5.56 Å². The maximum absolute atomic E-state index is 13.7. The Bertz CT molecular complexity index is 1260. The van der Waals surface area contributed by atoms with Gasteiger partial charge in [0.15, 0.2) is 16.6 Å². The van der Waals surface area contributed by atoms with Gasteiger partial charge in [0, 0.05) is 37.1 Å². The number of anilines is 1. The fourth-order valence-electron chi connectivity index (χ4n) is 3.88. The minimum absolute atomic E-state index is 0.0138. The summed E-state index contributed by atoms with van der Waals surface area (Å²) >= 11 is 1.48. The van der Waals surface area contributed by atoms with Crippen molar-refractivity contribution < 1.29 is 27.0 Å². The molecule has 1 aromatic heterocycles. The fourth-order valence-corrected chi connectivity index (χ4v) is 6.43. The van der Waals surface area contributed by atoms with Crippen LogP contribution in [-0.2, 0) is 10.0 Å². The molecule has 0 amide bonds. The summed E-state index contributed by atoms with van der Waals surface area (Å²) in [6.45, 7) is 3.21. The summed E-state index contributed by atoms with van der Waals surface area (Å²) in [6.07, 6.45) is 0. The van der Waals surface area contributed by atoms with E-state index in [4.69, 9.17) is 19.2 Å². The van der Waals surface area contributed by atoms with Crippen molar-refractivity contribution in [2.75, 3.05) is 52.4 Å². The highest BCUT2D eigenvalue weighted by molar-refractivity contribution is 7.89. The number of methoxy groups -OCH3 is 3. The summed E-state index contributed by atoms with van der Waals surface area (Å²) < 4.78 is 57.5. The quantitative estimate of drug-likeness (QED) is 0.481. The second-order valence-electron chi connectivity index (χ2n) is 7.73. The van der Waals surface area contributed by atoms with Crippen molar-refractivity contribution in [3.63, 3.8) is 0 Å². The van der Waals surface area contributed by atoms with Crippen molar-refractivity contribution in [3.05, 3.63) is 47.1 Å². The van der Waals surface area contributed by atoms with Crippen LogP contribution in [0.2, 0.25) is 0 Å². The van der Waals surface area contributed by atoms with Gasteiger partial charge < -0.3 is 19.1 Å². The molecule has 0 atom stereocenters. The van der Waals surface area contributed by atoms with Crippen molar-refractivity contribution in [2.24, 2.45) is 0 Å². The molecule has 2 aromatic carbocycles. The van der Waals surface area contributed by atoms with Crippen molar-refractivity contribution in [1.82, 2.24) is 9.29 Å². The molecule has 2 heterocycles. The van der Waals surface area contributed by atoms with E-state index >= 15 is 0 Å². The van der Waals surface area contributed by atoms with E-state index in [1.54, 1.807) is 28.3 Å². The Morgan fingerprint density at radius 2 is 1.62 bits per heavy atom. The van der Waals surface area contributed by atoms with E-state index in [1.807, 2.05) is 17.5 Å². The Labute approximate surface area is 202 Å². The number of thiazole rings is 1. The van der Waals surface area contributed by atoms with E-state index in [2.05, 4.69) is 4.90 Å². The fraction of sp³-hybridized carbons (Fsp3) is 0.348. The predicted octanol–water partition coefficient (Wildman–Crippen LogP) is 3.79. The molecule has 1 aliphatic rings. The van der Waals surface area contributed by atoms with E-state index < -0.39 is 15.8 Å². The second kappa shape index (κ2) is 9.77. The number of aryl methyl sites for hydroxylation is 1. The van der Waals surface area contributed by atoms with Gasteiger partial charge in [-0.2, -0.15) is 4.31 Å². The number of aromatic nitrogens is 1. The highest BCUT2D eigenvalue weighted by Gasteiger charge is 2.31. The van der Waals surface area contributed by atoms with Gasteiger partial charge in [-0.15, -0.1) is 11.3 Å². The van der Waals surface area contributed by atoms with E-state index in [0.717, 1.165) is 22.5 Å². The van der Waals surface area contributed by atoms with Gasteiger partial charge in [0.1, 0.15) is 5.82 Å². The lowest BCUT2D eigenvalue weighted by molar-refractivity contribution is 0.324. The molecule has 0 saturated carbocycles. The maximum atomic E-state index is 13.7. The molecular weight excluding hydrogens is 481 g/mol. The van der Waals surface area contributed by atoms with Crippen LogP contribution in [0.4, 0.5) is 9.52 Å². The molecule has 0 unspecified atom stereocenters. The first-order valence-corrected chi connectivity index (χ1v) is 12.9. The lowest BCUT2D eigenvalue weighted by Crippen LogP contribution is -2.48. The zero-order chi connectivity index (χ0) is 24.5. The standard InChI is InChI=1S/C23H26FN3O5S2/c1-15-5-6-17(24)13-21(15)34(28,29)27-9-7-26(8-10-27)23-25-18(14-33-23)16-11-19(30-2)22(32-4)20(12-16)31-3/h5-6,11-14H,7-10H2,1-4H3. The Hall–Kier alpha value is -2.89. The topological polar surface area (TPSA) is 81.2 Å². The van der Waals surface area contributed by atoms with E-state index in [1.165, 1.54) is 27.8 Å². The van der Waals surface area contributed by atoms with Crippen LogP contribution in [0.25, 0.3) is 11.3 Å². The highest BCUT2D eigenvalue weighted by Crippen LogP contribution is 2.42. The van der Waals surface area contributed by atoms with Crippen molar-refractivity contribution in [2.45, 2.75) is 11.8 Å². The van der Waals surface area contributed by atoms with Crippen LogP contribution < -0.4 is 19.1 Å². The highest BCUT2D eigenvalue weighted by atomic mass is 32.2. The number of sulfonamides is 1. The zero-order valence-corrected chi connectivity index (χ0v) is 21.0. The molecule has 1 fully saturated rings. The molecule has 4 rings (SSSR count). The van der Waals surface area contributed by atoms with Crippen LogP contribution in [0.5, 0.6) is 17.2 Å². The lowest BCUT2D eigenvalue weighted by Gasteiger charge is -2.34. The van der Waals surface area contributed by atoms with Gasteiger partial charge >= 0.3 is 0 Å². The van der Waals surface area contributed by atoms with Gasteiger partial charge in [-0.1, -0.05) is 6.07 Å². The van der Waals surface area contributed by atoms with Crippen molar-refractivity contribution >= 4 is 26.5 Å². The molecule has 0 bridgehead atoms. The number of nitrogens with zero attached hydrogens (tertiary/aromatic N) is 3. The molecular formula is C23H26FN3O5S2. The average Bonchev–Trinajstić information content (AvgIpc) is 3.35. The van der Waals surface area contributed by atoms with Crippen LogP contribution in [0.3, 0.4) is 0 Å². The molecule has 11 heteroatoms. The number of hydrogen-bond donors (Lipinski definition) is 0. The van der Waals surface area contributed by atoms with Gasteiger partial charge in [-0.3, -0.25) is 0 Å². The molecule has 0 N–H and O–H groups in total. The first-order chi connectivity index (χ1) is 16.3. The van der Waals surface area contributed by atoms with Gasteiger partial charge in [0.2, 0.25) is 15.8 Å². The molecule has 34 heavy (non-hydrogen) atoms. The predicted molar refractivity (Wildman–Crippen MR) is 129 cm³/mol. The minimum Gasteiger partial charge on any atom is -0.493 e. The summed E-state index contributed by atoms with van der Waals surface area (Å²) in [6, 6.07) is 7.51. The van der Waals surface area contributed by atoms with Gasteiger partial charge in [0.25, 0.3) is 0 Å². The van der Waals surface area contributed by atoms with Gasteiger partial charge in [-0.25, -0.2) is 17.8 Å². The number of piperazine rings is 1. The van der Waals surface area contributed by atoms with E-state index in [0.29, 0.717) is 35.9 Å². The summed E-state index contributed by atoms with van der Waals surface area (Å²) in [5, 5.41) is 2.73. The Morgan fingerprint density at radius 1 is 0.971 bits per heavy atom. The number of hydrogen-bond acceptors (Lipinski definition) is 8. The Kier molecular flexibility index (Phi) is 6.96. The maximum Gasteiger partial charge on any atom is 0.243 e. The van der Waals surface area contributed by atoms with Gasteiger partial charge in [0.05, 0.1) is 31.9 Å². The van der Waals surface area contributed by atoms with Crippen LogP contribution in [0.15, 0.2) is 40.6 Å². The largest absolute Gasteiger partial charge is 0.493 e. The summed E-state index contributed by atoms with van der Waals surface area (Å²) in [5.41, 5.74) is 2.10. The molecule has 3 aromatic rings. The summed E-state index contributed by atoms with van der Waals surface area (Å²) in [4.78, 5) is 6.82. The van der Waals surface area contributed by atoms with Gasteiger partial charge in [-0.05, 0) is 36.8 Å². The summed E-state index contributed by atoms with van der Waals surface area (Å²) in [5.74, 6) is 1.02. The van der Waals surface area contributed by atoms with Crippen LogP contribution in [-0.4, -0.2) is 65.2 Å². The molecule has 1 saturated heterocycles. The second-order valence-corrected chi connectivity index (χ2v) is 10.5. The number of benzene rings is 2. The Morgan fingerprint density at radius 3 is 2.21 bits per heavy atom. The zero-order valence-electron chi connectivity index (χ0n) is 19.4. The van der Waals surface area contributed by atoms with Crippen molar-refractivity contribution in [1.29, 1.82) is 0 Å². The summed E-state index contributed by atoms with van der Waals surface area (Å²) in [7, 11) is 0.905. The molecule has 0 radical (unpaired) electrons. The van der Waals surface area contributed by atoms with Crippen LogP contribution >= 0.6 is 11.3 Å². The number of halogens is 1. The smallest absolute Gasteiger partial charge is 0.243 e. The molecule has 8 nitrogen and oxygen atoms in total. The minimum atomic E-state index is -3.77. The molecule has 1 aliphatic heterocycles.